The Kier molecular flexibility index (Phi) is 3.01. The van der Waals surface area contributed by atoms with Crippen molar-refractivity contribution in [2.75, 3.05) is 13.6 Å². The lowest BCUT2D eigenvalue weighted by Crippen LogP contribution is -2.21. The van der Waals surface area contributed by atoms with Crippen molar-refractivity contribution in [2.24, 2.45) is 0 Å². The van der Waals surface area contributed by atoms with Gasteiger partial charge >= 0.3 is 0 Å². The van der Waals surface area contributed by atoms with E-state index >= 15 is 0 Å². The highest BCUT2D eigenvalue weighted by Gasteiger charge is 2.17. The number of hydrogen-bond acceptors (Lipinski definition) is 4. The zero-order valence-electron chi connectivity index (χ0n) is 6.83. The average molecular weight is 174 g/mol. The van der Waals surface area contributed by atoms with Crippen molar-refractivity contribution in [1.29, 1.82) is 0 Å². The summed E-state index contributed by atoms with van der Waals surface area (Å²) in [6.07, 6.45) is 0.531. The number of H-pyrrole nitrogens is 1. The second kappa shape index (κ2) is 4.03. The molecule has 0 amide bonds. The summed E-state index contributed by atoms with van der Waals surface area (Å²) in [5.41, 5.74) is 0.868. The number of aliphatic hydroxyl groups is 1. The van der Waals surface area contributed by atoms with E-state index in [1.165, 1.54) is 0 Å². The van der Waals surface area contributed by atoms with Crippen molar-refractivity contribution < 1.29 is 14.3 Å². The van der Waals surface area contributed by atoms with Crippen LogP contribution in [-0.2, 0) is 13.0 Å². The lowest BCUT2D eigenvalue weighted by Gasteiger charge is -1.90. The molecular formula is C6H12N3O3+. The van der Waals surface area contributed by atoms with Crippen LogP contribution in [0, 0.1) is 4.91 Å². The van der Waals surface area contributed by atoms with Gasteiger partial charge in [0.1, 0.15) is 6.61 Å². The van der Waals surface area contributed by atoms with Gasteiger partial charge in [-0.1, -0.05) is 9.79 Å². The number of aliphatic hydroxyl groups excluding tert-OH is 1. The van der Waals surface area contributed by atoms with Crippen molar-refractivity contribution in [1.82, 2.24) is 10.5 Å². The second-order valence-corrected chi connectivity index (χ2v) is 2.39. The summed E-state index contributed by atoms with van der Waals surface area (Å²) in [6, 6.07) is 0. The number of nitrogens with zero attached hydrogens (tertiary/aromatic N) is 1. The Labute approximate surface area is 68.7 Å². The lowest BCUT2D eigenvalue weighted by atomic mass is 10.2. The van der Waals surface area contributed by atoms with Gasteiger partial charge in [0.15, 0.2) is 4.60 Å². The standard InChI is InChI=1S/C6H12N3O3/c1-7-3-2-6-5(4-10)8-12-9(6)11/h7-8,10H,2-4H2,1H3/q+1. The van der Waals surface area contributed by atoms with E-state index < -0.39 is 0 Å². The van der Waals surface area contributed by atoms with Gasteiger partial charge in [0, 0.05) is 13.0 Å². The highest BCUT2D eigenvalue weighted by Crippen LogP contribution is 1.98. The Morgan fingerprint density at radius 2 is 2.50 bits per heavy atom. The molecule has 0 spiro atoms. The number of aromatic amines is 1. The molecular weight excluding hydrogens is 162 g/mol. The minimum atomic E-state index is -0.211. The van der Waals surface area contributed by atoms with Crippen LogP contribution in [0.3, 0.4) is 0 Å². The van der Waals surface area contributed by atoms with Gasteiger partial charge < -0.3 is 10.4 Å². The van der Waals surface area contributed by atoms with E-state index in [2.05, 4.69) is 15.1 Å². The van der Waals surface area contributed by atoms with Gasteiger partial charge in [-0.15, -0.1) is 0 Å². The minimum absolute atomic E-state index is 0.211. The van der Waals surface area contributed by atoms with Crippen LogP contribution in [0.4, 0.5) is 0 Å². The monoisotopic (exact) mass is 174 g/mol. The SMILES string of the molecule is CNCCc1c(CO)[nH]o[n+]1=O. The smallest absolute Gasteiger partial charge is 0.248 e. The van der Waals surface area contributed by atoms with Gasteiger partial charge in [0.2, 0.25) is 11.4 Å². The van der Waals surface area contributed by atoms with Crippen LogP contribution in [0.25, 0.3) is 0 Å². The van der Waals surface area contributed by atoms with Crippen molar-refractivity contribution in [2.45, 2.75) is 13.0 Å². The van der Waals surface area contributed by atoms with Gasteiger partial charge in [-0.3, -0.25) is 0 Å². The third kappa shape index (κ3) is 1.72. The van der Waals surface area contributed by atoms with Crippen LogP contribution in [0.5, 0.6) is 0 Å². The molecule has 6 heteroatoms. The Balaban J connectivity index is 2.79. The molecule has 0 radical (unpaired) electrons. The van der Waals surface area contributed by atoms with Gasteiger partial charge in [0.05, 0.1) is 0 Å². The van der Waals surface area contributed by atoms with E-state index in [0.717, 1.165) is 0 Å². The molecule has 1 rings (SSSR count). The van der Waals surface area contributed by atoms with Crippen molar-refractivity contribution in [3.63, 3.8) is 0 Å². The number of aromatic nitrogens is 2. The summed E-state index contributed by atoms with van der Waals surface area (Å²) >= 11 is 0. The Hall–Kier alpha value is -1.14. The molecule has 1 aromatic heterocycles. The molecule has 3 N–H and O–H groups in total. The molecule has 0 atom stereocenters. The molecule has 0 aromatic carbocycles. The van der Waals surface area contributed by atoms with Crippen LogP contribution in [0.15, 0.2) is 4.63 Å². The zero-order chi connectivity index (χ0) is 8.97. The maximum atomic E-state index is 10.9. The Morgan fingerprint density at radius 1 is 1.75 bits per heavy atom. The molecule has 0 aliphatic rings. The summed E-state index contributed by atoms with van der Waals surface area (Å²) in [6.45, 7) is 0.459. The fourth-order valence-corrected chi connectivity index (χ4v) is 0.930. The third-order valence-electron chi connectivity index (χ3n) is 1.59. The molecule has 0 bridgehead atoms. The fraction of sp³-hybridized carbons (Fsp3) is 0.667. The minimum Gasteiger partial charge on any atom is -0.388 e. The van der Waals surface area contributed by atoms with E-state index in [0.29, 0.717) is 29.0 Å². The van der Waals surface area contributed by atoms with Crippen LogP contribution in [0.2, 0.25) is 0 Å². The maximum absolute atomic E-state index is 10.9. The van der Waals surface area contributed by atoms with E-state index in [4.69, 9.17) is 5.11 Å². The second-order valence-electron chi connectivity index (χ2n) is 2.39. The van der Waals surface area contributed by atoms with Crippen LogP contribution < -0.4 is 9.92 Å². The molecule has 0 aliphatic heterocycles. The molecule has 12 heavy (non-hydrogen) atoms. The average Bonchev–Trinajstić information content (AvgIpc) is 2.43. The molecule has 6 nitrogen and oxygen atoms in total. The van der Waals surface area contributed by atoms with E-state index in [9.17, 15) is 4.91 Å². The Bertz CT molecular complexity index is 290. The zero-order valence-corrected chi connectivity index (χ0v) is 6.83. The summed E-state index contributed by atoms with van der Waals surface area (Å²) in [5, 5.41) is 14.0. The quantitative estimate of drug-likeness (QED) is 0.534. The molecule has 0 aliphatic carbocycles. The van der Waals surface area contributed by atoms with Gasteiger partial charge in [-0.2, -0.15) is 0 Å². The first-order valence-corrected chi connectivity index (χ1v) is 3.67. The molecule has 1 aromatic rings. The predicted octanol–water partition coefficient (Wildman–Crippen LogP) is -1.22. The highest BCUT2D eigenvalue weighted by atomic mass is 16.7. The van der Waals surface area contributed by atoms with Gasteiger partial charge in [-0.05, 0) is 12.0 Å². The number of likely N-dealkylation sites (N-methyl/N-ethyl adjacent to an activating group) is 1. The number of nitrogens with one attached hydrogen (secondary N) is 2. The Morgan fingerprint density at radius 3 is 3.08 bits per heavy atom. The summed E-state index contributed by atoms with van der Waals surface area (Å²) in [7, 11) is 1.79. The fourth-order valence-electron chi connectivity index (χ4n) is 0.930. The molecule has 0 unspecified atom stereocenters. The topological polar surface area (TPSA) is 84.2 Å². The summed E-state index contributed by atoms with van der Waals surface area (Å²) < 4.78 is 4.81. The number of hydrogen-bond donors (Lipinski definition) is 3. The summed E-state index contributed by atoms with van der Waals surface area (Å²) in [4.78, 5) is 10.9. The summed E-state index contributed by atoms with van der Waals surface area (Å²) in [5.74, 6) is 0. The third-order valence-corrected chi connectivity index (χ3v) is 1.59. The number of rotatable bonds is 4. The van der Waals surface area contributed by atoms with Gasteiger partial charge in [0.25, 0.3) is 0 Å². The van der Waals surface area contributed by atoms with Crippen molar-refractivity contribution in [3.8, 4) is 0 Å². The largest absolute Gasteiger partial charge is 0.388 e. The molecule has 0 fully saturated rings. The van der Waals surface area contributed by atoms with Gasteiger partial charge in [-0.25, -0.2) is 0 Å². The lowest BCUT2D eigenvalue weighted by molar-refractivity contribution is -0.719. The van der Waals surface area contributed by atoms with Crippen LogP contribution in [-0.4, -0.2) is 23.9 Å². The van der Waals surface area contributed by atoms with E-state index in [1.54, 1.807) is 7.05 Å². The molecule has 0 saturated carbocycles. The highest BCUT2D eigenvalue weighted by molar-refractivity contribution is 5.01. The first kappa shape index (κ1) is 8.95. The first-order chi connectivity index (χ1) is 5.79. The maximum Gasteiger partial charge on any atom is 0.248 e. The van der Waals surface area contributed by atoms with Crippen LogP contribution in [0.1, 0.15) is 11.4 Å². The van der Waals surface area contributed by atoms with E-state index in [1.807, 2.05) is 0 Å². The van der Waals surface area contributed by atoms with Crippen molar-refractivity contribution in [3.05, 3.63) is 16.3 Å². The predicted molar refractivity (Wildman–Crippen MR) is 40.0 cm³/mol. The van der Waals surface area contributed by atoms with Crippen LogP contribution >= 0.6 is 0 Å². The van der Waals surface area contributed by atoms with Crippen molar-refractivity contribution >= 4 is 0 Å². The first-order valence-electron chi connectivity index (χ1n) is 3.67. The molecule has 68 valence electrons. The normalized spacial score (nSPS) is 10.5. The molecule has 1 heterocycles. The van der Waals surface area contributed by atoms with E-state index in [-0.39, 0.29) is 6.61 Å². The molecule has 0 saturated heterocycles.